The highest BCUT2D eigenvalue weighted by Crippen LogP contribution is 2.42. The van der Waals surface area contributed by atoms with E-state index in [2.05, 4.69) is 203 Å². The van der Waals surface area contributed by atoms with Crippen LogP contribution in [0.25, 0.3) is 99.1 Å². The Morgan fingerprint density at radius 3 is 1.78 bits per heavy atom. The lowest BCUT2D eigenvalue weighted by Gasteiger charge is -2.15. The van der Waals surface area contributed by atoms with Crippen LogP contribution in [0.15, 0.2) is 194 Å². The molecular weight excluding hydrogens is 653 g/mol. The summed E-state index contributed by atoms with van der Waals surface area (Å²) >= 11 is 0. The summed E-state index contributed by atoms with van der Waals surface area (Å²) in [5.41, 5.74) is 14.7. The van der Waals surface area contributed by atoms with Crippen LogP contribution in [0.4, 0.5) is 0 Å². The van der Waals surface area contributed by atoms with Gasteiger partial charge in [0.25, 0.3) is 0 Å². The molecule has 2 heteroatoms. The van der Waals surface area contributed by atoms with Gasteiger partial charge in [0, 0.05) is 32.9 Å². The van der Waals surface area contributed by atoms with Crippen LogP contribution in [0.2, 0.25) is 0 Å². The molecule has 254 valence electrons. The lowest BCUT2D eigenvalue weighted by Crippen LogP contribution is -1.96. The van der Waals surface area contributed by atoms with Gasteiger partial charge >= 0.3 is 0 Å². The van der Waals surface area contributed by atoms with Crippen molar-refractivity contribution in [1.82, 2.24) is 9.13 Å². The molecule has 0 amide bonds. The molecule has 10 aromatic rings. The Hall–Kier alpha value is -6.90. The van der Waals surface area contributed by atoms with Crippen LogP contribution in [-0.2, 0) is 0 Å². The smallest absolute Gasteiger partial charge is 0.0547 e. The first-order valence-electron chi connectivity index (χ1n) is 18.9. The highest BCUT2D eigenvalue weighted by molar-refractivity contribution is 6.15. The van der Waals surface area contributed by atoms with E-state index in [1.165, 1.54) is 93.5 Å². The molecule has 11 rings (SSSR count). The quantitative estimate of drug-likeness (QED) is 0.170. The average molecular weight is 689 g/mol. The highest BCUT2D eigenvalue weighted by Gasteiger charge is 2.18. The van der Waals surface area contributed by atoms with Gasteiger partial charge < -0.3 is 9.13 Å². The van der Waals surface area contributed by atoms with Gasteiger partial charge in [-0.2, -0.15) is 0 Å². The van der Waals surface area contributed by atoms with Crippen LogP contribution in [0, 0.1) is 0 Å². The third-order valence-corrected chi connectivity index (χ3v) is 11.3. The van der Waals surface area contributed by atoms with E-state index in [0.29, 0.717) is 0 Å². The first-order valence-corrected chi connectivity index (χ1v) is 18.9. The summed E-state index contributed by atoms with van der Waals surface area (Å²) in [4.78, 5) is 0. The lowest BCUT2D eigenvalue weighted by molar-refractivity contribution is 1.02. The Labute approximate surface area is 314 Å². The van der Waals surface area contributed by atoms with Crippen molar-refractivity contribution in [2.24, 2.45) is 0 Å². The van der Waals surface area contributed by atoms with Gasteiger partial charge in [0.2, 0.25) is 0 Å². The minimum atomic E-state index is 1.07. The highest BCUT2D eigenvalue weighted by atomic mass is 15.0. The first kappa shape index (κ1) is 30.7. The Morgan fingerprint density at radius 2 is 1.00 bits per heavy atom. The number of nitrogens with zero attached hydrogens (tertiary/aromatic N) is 2. The SMILES string of the molecule is C1=CC(n2c3ccccc3c3cc(-c4cccc5cccc(-c6ccc7c8ccccc8n(-c8cccc(-c9ccccc9)c8)c7c6)c45)ccc32)=CCC1. The number of rotatable bonds is 5. The predicted octanol–water partition coefficient (Wildman–Crippen LogP) is 14.2. The predicted molar refractivity (Wildman–Crippen MR) is 230 cm³/mol. The summed E-state index contributed by atoms with van der Waals surface area (Å²) in [6.45, 7) is 0. The molecule has 0 radical (unpaired) electrons. The second-order valence-corrected chi connectivity index (χ2v) is 14.4. The number of benzene rings is 8. The maximum absolute atomic E-state index is 2.44. The van der Waals surface area contributed by atoms with Gasteiger partial charge in [-0.3, -0.25) is 0 Å². The molecule has 8 aromatic carbocycles. The number of hydrogen-bond donors (Lipinski definition) is 0. The summed E-state index contributed by atoms with van der Waals surface area (Å²) in [7, 11) is 0. The van der Waals surface area contributed by atoms with Crippen LogP contribution < -0.4 is 0 Å². The van der Waals surface area contributed by atoms with E-state index in [-0.39, 0.29) is 0 Å². The Bertz CT molecular complexity index is 3150. The Morgan fingerprint density at radius 1 is 0.370 bits per heavy atom. The number of allylic oxidation sites excluding steroid dienone is 4. The molecule has 0 atom stereocenters. The van der Waals surface area contributed by atoms with Gasteiger partial charge in [-0.25, -0.2) is 0 Å². The molecule has 0 saturated heterocycles. The molecule has 1 aliphatic carbocycles. The number of aromatic nitrogens is 2. The zero-order valence-electron chi connectivity index (χ0n) is 29.8. The van der Waals surface area contributed by atoms with E-state index >= 15 is 0 Å². The van der Waals surface area contributed by atoms with Crippen molar-refractivity contribution < 1.29 is 0 Å². The van der Waals surface area contributed by atoms with Crippen LogP contribution >= 0.6 is 0 Å². The van der Waals surface area contributed by atoms with Gasteiger partial charge in [0.05, 0.1) is 22.1 Å². The molecular formula is C52H36N2. The topological polar surface area (TPSA) is 9.86 Å². The second kappa shape index (κ2) is 12.4. The van der Waals surface area contributed by atoms with Crippen molar-refractivity contribution in [2.45, 2.75) is 12.8 Å². The van der Waals surface area contributed by atoms with E-state index in [4.69, 9.17) is 0 Å². The summed E-state index contributed by atoms with van der Waals surface area (Å²) < 4.78 is 4.87. The first-order chi connectivity index (χ1) is 26.8. The van der Waals surface area contributed by atoms with E-state index in [1.54, 1.807) is 0 Å². The van der Waals surface area contributed by atoms with Crippen molar-refractivity contribution in [3.8, 4) is 39.1 Å². The lowest BCUT2D eigenvalue weighted by atomic mass is 9.90. The van der Waals surface area contributed by atoms with E-state index in [0.717, 1.165) is 18.5 Å². The van der Waals surface area contributed by atoms with Gasteiger partial charge in [-0.05, 0) is 106 Å². The number of fused-ring (bicyclic) bond motifs is 7. The Kier molecular flexibility index (Phi) is 7.03. The maximum Gasteiger partial charge on any atom is 0.0547 e. The van der Waals surface area contributed by atoms with E-state index in [1.807, 2.05) is 0 Å². The summed E-state index contributed by atoms with van der Waals surface area (Å²) in [6.07, 6.45) is 9.11. The van der Waals surface area contributed by atoms with Crippen molar-refractivity contribution in [1.29, 1.82) is 0 Å². The second-order valence-electron chi connectivity index (χ2n) is 14.4. The number of para-hydroxylation sites is 2. The molecule has 2 heterocycles. The molecule has 1 aliphatic rings. The molecule has 54 heavy (non-hydrogen) atoms. The van der Waals surface area contributed by atoms with Gasteiger partial charge in [0.1, 0.15) is 0 Å². The minimum absolute atomic E-state index is 1.07. The van der Waals surface area contributed by atoms with Crippen molar-refractivity contribution in [3.63, 3.8) is 0 Å². The summed E-state index contributed by atoms with van der Waals surface area (Å²) in [6, 6.07) is 64.8. The molecule has 0 bridgehead atoms. The molecule has 0 saturated carbocycles. The minimum Gasteiger partial charge on any atom is -0.310 e. The maximum atomic E-state index is 2.44. The molecule has 0 N–H and O–H groups in total. The van der Waals surface area contributed by atoms with Crippen molar-refractivity contribution in [2.75, 3.05) is 0 Å². The summed E-state index contributed by atoms with van der Waals surface area (Å²) in [5, 5.41) is 7.58. The van der Waals surface area contributed by atoms with Crippen LogP contribution in [0.3, 0.4) is 0 Å². The number of hydrogen-bond acceptors (Lipinski definition) is 0. The average Bonchev–Trinajstić information content (AvgIpc) is 3.76. The molecule has 0 fully saturated rings. The Balaban J connectivity index is 1.12. The van der Waals surface area contributed by atoms with Crippen LogP contribution in [0.5, 0.6) is 0 Å². The molecule has 0 spiro atoms. The largest absolute Gasteiger partial charge is 0.310 e. The third-order valence-electron chi connectivity index (χ3n) is 11.3. The molecule has 2 nitrogen and oxygen atoms in total. The third kappa shape index (κ3) is 4.81. The summed E-state index contributed by atoms with van der Waals surface area (Å²) in [5.74, 6) is 0. The standard InChI is InChI=1S/C52H36N2/c1-3-14-35(15-4-1)37-18-11-21-41(32-37)54-48-26-9-7-22-44(48)46-30-28-39(34-51(46)54)43-25-13-17-36-16-12-24-42(52(36)43)38-29-31-50-47(33-38)45-23-8-10-27-49(45)53(50)40-19-5-2-6-20-40/h1,3-5,7-34H,2,6H2. The fraction of sp³-hybridized carbons (Fsp3) is 0.0385. The zero-order valence-corrected chi connectivity index (χ0v) is 29.8. The molecule has 0 unspecified atom stereocenters. The fourth-order valence-electron chi connectivity index (χ4n) is 8.88. The zero-order chi connectivity index (χ0) is 35.6. The van der Waals surface area contributed by atoms with E-state index in [9.17, 15) is 0 Å². The molecule has 0 aliphatic heterocycles. The van der Waals surface area contributed by atoms with Crippen molar-refractivity contribution >= 4 is 60.1 Å². The van der Waals surface area contributed by atoms with Gasteiger partial charge in [-0.1, -0.05) is 146 Å². The van der Waals surface area contributed by atoms with Crippen LogP contribution in [0.1, 0.15) is 12.8 Å². The van der Waals surface area contributed by atoms with Gasteiger partial charge in [0.15, 0.2) is 0 Å². The normalized spacial score (nSPS) is 13.1. The molecule has 2 aromatic heterocycles. The van der Waals surface area contributed by atoms with Gasteiger partial charge in [-0.15, -0.1) is 0 Å². The van der Waals surface area contributed by atoms with E-state index < -0.39 is 0 Å². The monoisotopic (exact) mass is 688 g/mol. The fourth-order valence-corrected chi connectivity index (χ4v) is 8.88. The van der Waals surface area contributed by atoms with Crippen LogP contribution in [-0.4, -0.2) is 9.13 Å². The van der Waals surface area contributed by atoms with Crippen molar-refractivity contribution in [3.05, 3.63) is 194 Å².